The van der Waals surface area contributed by atoms with Crippen LogP contribution in [0.2, 0.25) is 5.02 Å². The summed E-state index contributed by atoms with van der Waals surface area (Å²) < 4.78 is 0. The van der Waals surface area contributed by atoms with Crippen LogP contribution in [-0.2, 0) is 9.59 Å². The first kappa shape index (κ1) is 17.7. The molecule has 0 spiro atoms. The second-order valence-electron chi connectivity index (χ2n) is 4.95. The normalized spacial score (nSPS) is 10.7. The summed E-state index contributed by atoms with van der Waals surface area (Å²) in [7, 11) is 0. The number of nitrogens with zero attached hydrogens (tertiary/aromatic N) is 3. The zero-order valence-electron chi connectivity index (χ0n) is 13.2. The smallest absolute Gasteiger partial charge is 0.292 e. The summed E-state index contributed by atoms with van der Waals surface area (Å²) in [6.45, 7) is 0. The minimum atomic E-state index is -0.926. The van der Waals surface area contributed by atoms with Crippen molar-refractivity contribution < 1.29 is 9.59 Å². The van der Waals surface area contributed by atoms with E-state index in [1.165, 1.54) is 6.21 Å². The molecule has 0 radical (unpaired) electrons. The standard InChI is InChI=1S/C17H12ClN5O2S/c18-13-9-5-4-8-12(13)10-19-21-15(25)14(24)20-17-23-22-16(26-17)11-6-2-1-3-7-11/h1-10H,(H,21,25)(H,20,23,24)/b19-10-. The number of amides is 2. The van der Waals surface area contributed by atoms with Gasteiger partial charge in [0.15, 0.2) is 0 Å². The van der Waals surface area contributed by atoms with Gasteiger partial charge >= 0.3 is 11.8 Å². The van der Waals surface area contributed by atoms with Gasteiger partial charge in [0.05, 0.1) is 6.21 Å². The van der Waals surface area contributed by atoms with Crippen LogP contribution in [0.15, 0.2) is 59.7 Å². The fraction of sp³-hybridized carbons (Fsp3) is 0. The second kappa shape index (κ2) is 8.32. The Bertz CT molecular complexity index is 959. The SMILES string of the molecule is O=C(N/N=C\c1ccccc1Cl)C(=O)Nc1nnc(-c2ccccc2)s1. The molecule has 0 aliphatic carbocycles. The molecular formula is C17H12ClN5O2S. The number of hydrogen-bond acceptors (Lipinski definition) is 6. The molecule has 0 atom stereocenters. The molecule has 3 rings (SSSR count). The van der Waals surface area contributed by atoms with E-state index in [0.29, 0.717) is 15.6 Å². The first-order valence-corrected chi connectivity index (χ1v) is 8.61. The van der Waals surface area contributed by atoms with Crippen molar-refractivity contribution in [3.8, 4) is 10.6 Å². The molecule has 2 aromatic carbocycles. The topological polar surface area (TPSA) is 96.3 Å². The molecule has 2 N–H and O–H groups in total. The van der Waals surface area contributed by atoms with Gasteiger partial charge in [0.2, 0.25) is 5.13 Å². The van der Waals surface area contributed by atoms with Crippen LogP contribution in [0.25, 0.3) is 10.6 Å². The maximum absolute atomic E-state index is 11.9. The van der Waals surface area contributed by atoms with E-state index in [9.17, 15) is 9.59 Å². The van der Waals surface area contributed by atoms with Crippen LogP contribution in [0, 0.1) is 0 Å². The van der Waals surface area contributed by atoms with Crippen LogP contribution in [0.5, 0.6) is 0 Å². The quantitative estimate of drug-likeness (QED) is 0.410. The average molecular weight is 386 g/mol. The highest BCUT2D eigenvalue weighted by Crippen LogP contribution is 2.25. The third-order valence-electron chi connectivity index (χ3n) is 3.15. The third kappa shape index (κ3) is 4.50. The zero-order chi connectivity index (χ0) is 18.4. The third-order valence-corrected chi connectivity index (χ3v) is 4.38. The number of aromatic nitrogens is 2. The van der Waals surface area contributed by atoms with E-state index < -0.39 is 11.8 Å². The van der Waals surface area contributed by atoms with Gasteiger partial charge in [-0.1, -0.05) is 71.5 Å². The van der Waals surface area contributed by atoms with Crippen LogP contribution >= 0.6 is 22.9 Å². The molecule has 0 fully saturated rings. The van der Waals surface area contributed by atoms with Gasteiger partial charge in [-0.15, -0.1) is 10.2 Å². The number of hydrogen-bond donors (Lipinski definition) is 2. The van der Waals surface area contributed by atoms with Crippen molar-refractivity contribution in [2.45, 2.75) is 0 Å². The monoisotopic (exact) mass is 385 g/mol. The highest BCUT2D eigenvalue weighted by atomic mass is 35.5. The van der Waals surface area contributed by atoms with E-state index in [1.54, 1.807) is 24.3 Å². The maximum atomic E-state index is 11.9. The summed E-state index contributed by atoms with van der Waals surface area (Å²) in [6, 6.07) is 16.4. The molecule has 0 aliphatic rings. The summed E-state index contributed by atoms with van der Waals surface area (Å²) in [6.07, 6.45) is 1.35. The van der Waals surface area contributed by atoms with Crippen LogP contribution in [0.4, 0.5) is 5.13 Å². The summed E-state index contributed by atoms with van der Waals surface area (Å²) >= 11 is 7.13. The fourth-order valence-corrected chi connectivity index (χ4v) is 2.84. The van der Waals surface area contributed by atoms with Crippen LogP contribution in [-0.4, -0.2) is 28.2 Å². The lowest BCUT2D eigenvalue weighted by molar-refractivity contribution is -0.136. The Kier molecular flexibility index (Phi) is 5.67. The van der Waals surface area contributed by atoms with Crippen molar-refractivity contribution in [2.75, 3.05) is 5.32 Å². The average Bonchev–Trinajstić information content (AvgIpc) is 3.12. The van der Waals surface area contributed by atoms with Crippen LogP contribution in [0.1, 0.15) is 5.56 Å². The molecule has 0 bridgehead atoms. The van der Waals surface area contributed by atoms with Crippen LogP contribution in [0.3, 0.4) is 0 Å². The number of carbonyl (C=O) groups is 2. The first-order chi connectivity index (χ1) is 12.6. The van der Waals surface area contributed by atoms with Crippen molar-refractivity contribution in [1.29, 1.82) is 0 Å². The van der Waals surface area contributed by atoms with Gasteiger partial charge in [-0.2, -0.15) is 5.10 Å². The van der Waals surface area contributed by atoms with Gasteiger partial charge in [0.1, 0.15) is 5.01 Å². The van der Waals surface area contributed by atoms with E-state index in [4.69, 9.17) is 11.6 Å². The van der Waals surface area contributed by atoms with E-state index in [1.807, 2.05) is 30.3 Å². The van der Waals surface area contributed by atoms with Crippen molar-refractivity contribution in [3.63, 3.8) is 0 Å². The summed E-state index contributed by atoms with van der Waals surface area (Å²) in [5.41, 5.74) is 3.62. The van der Waals surface area contributed by atoms with Crippen molar-refractivity contribution in [3.05, 3.63) is 65.2 Å². The number of benzene rings is 2. The Balaban J connectivity index is 1.57. The lowest BCUT2D eigenvalue weighted by Crippen LogP contribution is -2.32. The highest BCUT2D eigenvalue weighted by molar-refractivity contribution is 7.18. The molecule has 130 valence electrons. The summed E-state index contributed by atoms with van der Waals surface area (Å²) in [4.78, 5) is 23.7. The maximum Gasteiger partial charge on any atom is 0.329 e. The molecule has 3 aromatic rings. The zero-order valence-corrected chi connectivity index (χ0v) is 14.8. The number of hydrazone groups is 1. The largest absolute Gasteiger partial charge is 0.329 e. The molecule has 0 saturated carbocycles. The van der Waals surface area contributed by atoms with Gasteiger partial charge < -0.3 is 0 Å². The Morgan fingerprint density at radius 3 is 2.50 bits per heavy atom. The summed E-state index contributed by atoms with van der Waals surface area (Å²) in [5, 5.41) is 15.3. The number of halogens is 1. The molecule has 2 amide bonds. The van der Waals surface area contributed by atoms with Gasteiger partial charge in [-0.3, -0.25) is 14.9 Å². The van der Waals surface area contributed by atoms with Crippen LogP contribution < -0.4 is 10.7 Å². The molecule has 7 nitrogen and oxygen atoms in total. The molecule has 1 heterocycles. The fourth-order valence-electron chi connectivity index (χ4n) is 1.92. The van der Waals surface area contributed by atoms with E-state index in [-0.39, 0.29) is 5.13 Å². The lowest BCUT2D eigenvalue weighted by Gasteiger charge is -2.00. The van der Waals surface area contributed by atoms with Gasteiger partial charge in [0, 0.05) is 16.1 Å². The molecule has 0 saturated heterocycles. The predicted octanol–water partition coefficient (Wildman–Crippen LogP) is 2.95. The highest BCUT2D eigenvalue weighted by Gasteiger charge is 2.16. The Labute approximate surface area is 157 Å². The molecular weight excluding hydrogens is 374 g/mol. The Morgan fingerprint density at radius 1 is 1.00 bits per heavy atom. The minimum Gasteiger partial charge on any atom is -0.292 e. The minimum absolute atomic E-state index is 0.221. The number of anilines is 1. The van der Waals surface area contributed by atoms with E-state index in [2.05, 4.69) is 26.0 Å². The van der Waals surface area contributed by atoms with E-state index in [0.717, 1.165) is 16.9 Å². The van der Waals surface area contributed by atoms with Gasteiger partial charge in [-0.05, 0) is 6.07 Å². The molecule has 9 heteroatoms. The molecule has 0 unspecified atom stereocenters. The summed E-state index contributed by atoms with van der Waals surface area (Å²) in [5.74, 6) is -1.82. The predicted molar refractivity (Wildman–Crippen MR) is 101 cm³/mol. The number of carbonyl (C=O) groups excluding carboxylic acids is 2. The van der Waals surface area contributed by atoms with Crippen molar-refractivity contribution in [1.82, 2.24) is 15.6 Å². The molecule has 1 aromatic heterocycles. The Hall–Kier alpha value is -3.10. The van der Waals surface area contributed by atoms with Crippen molar-refractivity contribution >= 4 is 46.1 Å². The Morgan fingerprint density at radius 2 is 1.73 bits per heavy atom. The molecule has 0 aliphatic heterocycles. The van der Waals surface area contributed by atoms with E-state index >= 15 is 0 Å². The van der Waals surface area contributed by atoms with Gasteiger partial charge in [0.25, 0.3) is 0 Å². The lowest BCUT2D eigenvalue weighted by atomic mass is 10.2. The number of nitrogens with one attached hydrogen (secondary N) is 2. The van der Waals surface area contributed by atoms with Crippen molar-refractivity contribution in [2.24, 2.45) is 5.10 Å². The van der Waals surface area contributed by atoms with Gasteiger partial charge in [-0.25, -0.2) is 5.43 Å². The molecule has 26 heavy (non-hydrogen) atoms. The number of rotatable bonds is 4. The second-order valence-corrected chi connectivity index (χ2v) is 6.34. The first-order valence-electron chi connectivity index (χ1n) is 7.41.